The second-order valence-electron chi connectivity index (χ2n) is 6.96. The number of benzene rings is 3. The maximum atomic E-state index is 12.3. The van der Waals surface area contributed by atoms with Crippen LogP contribution in [0, 0.1) is 0 Å². The van der Waals surface area contributed by atoms with Crippen LogP contribution in [0.3, 0.4) is 0 Å². The number of amides is 1. The molecule has 0 saturated heterocycles. The first-order valence-corrected chi connectivity index (χ1v) is 10.2. The Morgan fingerprint density at radius 3 is 2.29 bits per heavy atom. The molecule has 1 aromatic heterocycles. The van der Waals surface area contributed by atoms with E-state index >= 15 is 0 Å². The average molecular weight is 413 g/mol. The molecule has 0 saturated carbocycles. The molecule has 0 unspecified atom stereocenters. The summed E-state index contributed by atoms with van der Waals surface area (Å²) in [7, 11) is 0. The number of carbonyl (C=O) groups is 1. The van der Waals surface area contributed by atoms with E-state index in [1.165, 1.54) is 0 Å². The number of aromatic nitrogens is 2. The molecule has 6 nitrogen and oxygen atoms in total. The second kappa shape index (κ2) is 9.71. The summed E-state index contributed by atoms with van der Waals surface area (Å²) in [4.78, 5) is 16.7. The van der Waals surface area contributed by atoms with Gasteiger partial charge in [-0.25, -0.2) is 0 Å². The molecule has 156 valence electrons. The van der Waals surface area contributed by atoms with Gasteiger partial charge >= 0.3 is 0 Å². The first-order valence-electron chi connectivity index (χ1n) is 10.2. The largest absolute Gasteiger partial charge is 0.494 e. The number of hydrogen-bond acceptors (Lipinski definition) is 5. The van der Waals surface area contributed by atoms with Crippen molar-refractivity contribution in [1.82, 2.24) is 10.1 Å². The third kappa shape index (κ3) is 5.36. The van der Waals surface area contributed by atoms with Gasteiger partial charge in [-0.2, -0.15) is 4.98 Å². The SMILES string of the molecule is CCOc1ccc(-c2noc(CCC(=O)Nc3ccc(-c4ccccc4)cc3)n2)cc1. The maximum Gasteiger partial charge on any atom is 0.227 e. The van der Waals surface area contributed by atoms with E-state index in [9.17, 15) is 4.79 Å². The van der Waals surface area contributed by atoms with E-state index in [-0.39, 0.29) is 12.3 Å². The Bertz CT molecular complexity index is 1120. The molecule has 0 aliphatic carbocycles. The summed E-state index contributed by atoms with van der Waals surface area (Å²) in [5.74, 6) is 1.62. The summed E-state index contributed by atoms with van der Waals surface area (Å²) in [6.07, 6.45) is 0.628. The summed E-state index contributed by atoms with van der Waals surface area (Å²) in [6.45, 7) is 2.56. The quantitative estimate of drug-likeness (QED) is 0.420. The van der Waals surface area contributed by atoms with E-state index in [1.54, 1.807) is 0 Å². The molecule has 0 bridgehead atoms. The van der Waals surface area contributed by atoms with Gasteiger partial charge in [0.25, 0.3) is 0 Å². The molecule has 31 heavy (non-hydrogen) atoms. The van der Waals surface area contributed by atoms with E-state index in [0.717, 1.165) is 28.1 Å². The summed E-state index contributed by atoms with van der Waals surface area (Å²) in [5.41, 5.74) is 3.83. The lowest BCUT2D eigenvalue weighted by Crippen LogP contribution is -2.12. The molecular weight excluding hydrogens is 390 g/mol. The van der Waals surface area contributed by atoms with Crippen LogP contribution < -0.4 is 10.1 Å². The van der Waals surface area contributed by atoms with Crippen molar-refractivity contribution in [1.29, 1.82) is 0 Å². The molecule has 0 fully saturated rings. The second-order valence-corrected chi connectivity index (χ2v) is 6.96. The summed E-state index contributed by atoms with van der Waals surface area (Å²) in [5, 5.41) is 6.91. The minimum absolute atomic E-state index is 0.103. The van der Waals surface area contributed by atoms with E-state index in [0.29, 0.717) is 24.7 Å². The van der Waals surface area contributed by atoms with Crippen LogP contribution >= 0.6 is 0 Å². The molecule has 0 aliphatic heterocycles. The van der Waals surface area contributed by atoms with Gasteiger partial charge in [-0.15, -0.1) is 0 Å². The van der Waals surface area contributed by atoms with Crippen molar-refractivity contribution < 1.29 is 14.1 Å². The Morgan fingerprint density at radius 1 is 0.903 bits per heavy atom. The molecule has 0 atom stereocenters. The van der Waals surface area contributed by atoms with Gasteiger partial charge in [-0.1, -0.05) is 47.6 Å². The van der Waals surface area contributed by atoms with Crippen molar-refractivity contribution in [3.8, 4) is 28.3 Å². The molecule has 0 aliphatic rings. The molecule has 3 aromatic carbocycles. The van der Waals surface area contributed by atoms with Crippen LogP contribution in [-0.2, 0) is 11.2 Å². The first-order chi connectivity index (χ1) is 15.2. The van der Waals surface area contributed by atoms with Crippen LogP contribution in [0.4, 0.5) is 5.69 Å². The third-order valence-electron chi connectivity index (χ3n) is 4.73. The van der Waals surface area contributed by atoms with Gasteiger partial charge in [-0.05, 0) is 54.4 Å². The predicted molar refractivity (Wildman–Crippen MR) is 120 cm³/mol. The zero-order chi connectivity index (χ0) is 21.5. The van der Waals surface area contributed by atoms with E-state index in [2.05, 4.69) is 27.6 Å². The number of hydrogen-bond donors (Lipinski definition) is 1. The smallest absolute Gasteiger partial charge is 0.227 e. The van der Waals surface area contributed by atoms with Gasteiger partial charge < -0.3 is 14.6 Å². The third-order valence-corrected chi connectivity index (χ3v) is 4.73. The fraction of sp³-hybridized carbons (Fsp3) is 0.160. The Labute approximate surface area is 180 Å². The number of aryl methyl sites for hydroxylation is 1. The van der Waals surface area contributed by atoms with Crippen LogP contribution in [0.25, 0.3) is 22.5 Å². The summed E-state index contributed by atoms with van der Waals surface area (Å²) < 4.78 is 10.7. The number of ether oxygens (including phenoxy) is 1. The van der Waals surface area contributed by atoms with E-state index < -0.39 is 0 Å². The lowest BCUT2D eigenvalue weighted by molar-refractivity contribution is -0.116. The molecule has 0 radical (unpaired) electrons. The number of carbonyl (C=O) groups excluding carboxylic acids is 1. The Balaban J connectivity index is 1.30. The van der Waals surface area contributed by atoms with Gasteiger partial charge in [-0.3, -0.25) is 4.79 Å². The molecular formula is C25H23N3O3. The number of nitrogens with zero attached hydrogens (tertiary/aromatic N) is 2. The van der Waals surface area contributed by atoms with Crippen molar-refractivity contribution in [2.45, 2.75) is 19.8 Å². The van der Waals surface area contributed by atoms with Crippen LogP contribution in [0.5, 0.6) is 5.75 Å². The molecule has 4 rings (SSSR count). The highest BCUT2D eigenvalue weighted by molar-refractivity contribution is 5.91. The van der Waals surface area contributed by atoms with Gasteiger partial charge in [0.1, 0.15) is 5.75 Å². The van der Waals surface area contributed by atoms with Crippen molar-refractivity contribution in [2.75, 3.05) is 11.9 Å². The molecule has 6 heteroatoms. The van der Waals surface area contributed by atoms with Gasteiger partial charge in [0.05, 0.1) is 6.61 Å². The lowest BCUT2D eigenvalue weighted by Gasteiger charge is -2.06. The van der Waals surface area contributed by atoms with Crippen LogP contribution in [0.15, 0.2) is 83.4 Å². The molecule has 1 N–H and O–H groups in total. The fourth-order valence-electron chi connectivity index (χ4n) is 3.16. The van der Waals surface area contributed by atoms with E-state index in [1.807, 2.05) is 73.7 Å². The van der Waals surface area contributed by atoms with Gasteiger partial charge in [0.15, 0.2) is 0 Å². The van der Waals surface area contributed by atoms with Gasteiger partial charge in [0, 0.05) is 24.1 Å². The van der Waals surface area contributed by atoms with Crippen LogP contribution in [-0.4, -0.2) is 22.7 Å². The zero-order valence-corrected chi connectivity index (χ0v) is 17.2. The highest BCUT2D eigenvalue weighted by Crippen LogP contribution is 2.22. The predicted octanol–water partition coefficient (Wildman–Crippen LogP) is 5.37. The minimum Gasteiger partial charge on any atom is -0.494 e. The summed E-state index contributed by atoms with van der Waals surface area (Å²) in [6, 6.07) is 25.4. The van der Waals surface area contributed by atoms with Crippen molar-refractivity contribution in [3.05, 3.63) is 84.8 Å². The molecule has 1 heterocycles. The van der Waals surface area contributed by atoms with E-state index in [4.69, 9.17) is 9.26 Å². The minimum atomic E-state index is -0.103. The normalized spacial score (nSPS) is 10.6. The van der Waals surface area contributed by atoms with Crippen molar-refractivity contribution >= 4 is 11.6 Å². The molecule has 4 aromatic rings. The van der Waals surface area contributed by atoms with Crippen LogP contribution in [0.2, 0.25) is 0 Å². The summed E-state index contributed by atoms with van der Waals surface area (Å²) >= 11 is 0. The number of rotatable bonds is 8. The zero-order valence-electron chi connectivity index (χ0n) is 17.2. The Morgan fingerprint density at radius 2 is 1.58 bits per heavy atom. The van der Waals surface area contributed by atoms with Crippen LogP contribution in [0.1, 0.15) is 19.2 Å². The number of nitrogens with one attached hydrogen (secondary N) is 1. The first kappa shape index (κ1) is 20.3. The highest BCUT2D eigenvalue weighted by atomic mass is 16.5. The molecule has 0 spiro atoms. The molecule has 1 amide bonds. The fourth-order valence-corrected chi connectivity index (χ4v) is 3.16. The standard InChI is InChI=1S/C25H23N3O3/c1-2-30-22-14-10-20(11-15-22)25-27-24(31-28-25)17-16-23(29)26-21-12-8-19(9-13-21)18-6-4-3-5-7-18/h3-15H,2,16-17H2,1H3,(H,26,29). The van der Waals surface area contributed by atoms with Crippen molar-refractivity contribution in [3.63, 3.8) is 0 Å². The monoisotopic (exact) mass is 413 g/mol. The van der Waals surface area contributed by atoms with Crippen molar-refractivity contribution in [2.24, 2.45) is 0 Å². The maximum absolute atomic E-state index is 12.3. The van der Waals surface area contributed by atoms with Gasteiger partial charge in [0.2, 0.25) is 17.6 Å². The Hall–Kier alpha value is -3.93. The highest BCUT2D eigenvalue weighted by Gasteiger charge is 2.11. The average Bonchev–Trinajstić information content (AvgIpc) is 3.29. The Kier molecular flexibility index (Phi) is 6.38. The number of anilines is 1. The lowest BCUT2D eigenvalue weighted by atomic mass is 10.1. The topological polar surface area (TPSA) is 77.2 Å².